The topological polar surface area (TPSA) is 47.6 Å². The van der Waals surface area contributed by atoms with Crippen molar-refractivity contribution in [1.29, 1.82) is 0 Å². The van der Waals surface area contributed by atoms with E-state index in [1.165, 1.54) is 4.74 Å². The predicted octanol–water partition coefficient (Wildman–Crippen LogP) is 7.46. The average Bonchev–Trinajstić information content (AvgIpc) is 2.67. The van der Waals surface area contributed by atoms with Gasteiger partial charge in [-0.3, -0.25) is 14.3 Å². The van der Waals surface area contributed by atoms with Crippen molar-refractivity contribution in [2.45, 2.75) is 55.3 Å². The number of amides is 1. The summed E-state index contributed by atoms with van der Waals surface area (Å²) in [6, 6.07) is 2.41. The van der Waals surface area contributed by atoms with Gasteiger partial charge in [-0.2, -0.15) is 74.6 Å². The van der Waals surface area contributed by atoms with Crippen molar-refractivity contribution in [3.63, 3.8) is 0 Å². The normalized spacial score (nSPS) is 17.6. The Hall–Kier alpha value is -2.29. The highest BCUT2D eigenvalue weighted by Gasteiger charge is 2.85. The number of benzene rings is 1. The second-order valence-electron chi connectivity index (χ2n) is 6.91. The van der Waals surface area contributed by atoms with Crippen LogP contribution in [0.2, 0.25) is 5.02 Å². The van der Waals surface area contributed by atoms with Gasteiger partial charge < -0.3 is 5.32 Å². The third kappa shape index (κ3) is 5.97. The fourth-order valence-corrected chi connectivity index (χ4v) is 2.27. The van der Waals surface area contributed by atoms with E-state index < -0.39 is 65.0 Å². The summed E-state index contributed by atoms with van der Waals surface area (Å²) < 4.78 is 227. The Bertz CT molecular complexity index is 1040. The van der Waals surface area contributed by atoms with Crippen molar-refractivity contribution in [3.05, 3.63) is 28.8 Å². The van der Waals surface area contributed by atoms with E-state index in [4.69, 9.17) is 11.6 Å². The molecule has 0 saturated heterocycles. The van der Waals surface area contributed by atoms with E-state index in [1.54, 1.807) is 0 Å². The fraction of sp³-hybridized carbons (Fsp3) is 0.562. The second kappa shape index (κ2) is 9.72. The number of hydrogen-bond donors (Lipinski definition) is 1. The maximum Gasteiger partial charge on any atom is 0.462 e. The van der Waals surface area contributed by atoms with E-state index in [1.807, 2.05) is 4.74 Å². The first-order valence-corrected chi connectivity index (χ1v) is 9.04. The quantitative estimate of drug-likeness (QED) is 0.308. The number of ether oxygens (including phenoxy) is 2. The van der Waals surface area contributed by atoms with Crippen molar-refractivity contribution in [1.82, 2.24) is 0 Å². The molecular weight excluding hydrogens is 613 g/mol. The van der Waals surface area contributed by atoms with Crippen LogP contribution in [0.3, 0.4) is 0 Å². The molecule has 22 heteroatoms. The molecule has 0 aliphatic carbocycles. The minimum atomic E-state index is -8.08. The number of rotatable bonds is 8. The third-order valence-electron chi connectivity index (χ3n) is 4.10. The smallest absolute Gasteiger partial charge is 0.320 e. The average molecular weight is 620 g/mol. The summed E-state index contributed by atoms with van der Waals surface area (Å²) in [5.74, 6) is -26.3. The number of hydrogen-bond acceptors (Lipinski definition) is 3. The number of carbonyl (C=O) groups is 1. The SMILES string of the molecule is Cc1ccc(Cl)cc1NC(=O)[C@@](F)(OC(F)(F)[C@@](F)(OC(F)(F)C(F)(F)C(F)(F)F)C(F)(F)F)C(F)(F)F. The lowest BCUT2D eigenvalue weighted by Crippen LogP contribution is -2.68. The van der Waals surface area contributed by atoms with Crippen LogP contribution in [-0.2, 0) is 14.3 Å². The van der Waals surface area contributed by atoms with Crippen molar-refractivity contribution in [3.8, 4) is 0 Å². The summed E-state index contributed by atoms with van der Waals surface area (Å²) in [5.41, 5.74) is -1.29. The van der Waals surface area contributed by atoms with Gasteiger partial charge in [0.05, 0.1) is 0 Å². The lowest BCUT2D eigenvalue weighted by molar-refractivity contribution is -0.548. The van der Waals surface area contributed by atoms with Crippen LogP contribution in [0.4, 0.5) is 80.3 Å². The monoisotopic (exact) mass is 619 g/mol. The molecule has 1 amide bonds. The number of halogens is 18. The number of nitrogens with one attached hydrogen (secondary N) is 1. The maximum absolute atomic E-state index is 14.5. The number of carbonyl (C=O) groups excluding carboxylic acids is 1. The van der Waals surface area contributed by atoms with Crippen LogP contribution in [0.5, 0.6) is 0 Å². The lowest BCUT2D eigenvalue weighted by Gasteiger charge is -2.40. The first-order chi connectivity index (χ1) is 16.5. The van der Waals surface area contributed by atoms with Gasteiger partial charge in [-0.05, 0) is 24.6 Å². The van der Waals surface area contributed by atoms with Crippen LogP contribution >= 0.6 is 11.6 Å². The van der Waals surface area contributed by atoms with Crippen molar-refractivity contribution in [2.24, 2.45) is 0 Å². The first-order valence-electron chi connectivity index (χ1n) is 8.66. The zero-order valence-corrected chi connectivity index (χ0v) is 18.0. The van der Waals surface area contributed by atoms with Crippen molar-refractivity contribution in [2.75, 3.05) is 5.32 Å². The Morgan fingerprint density at radius 1 is 0.711 bits per heavy atom. The van der Waals surface area contributed by atoms with Crippen LogP contribution < -0.4 is 5.32 Å². The van der Waals surface area contributed by atoms with E-state index in [9.17, 15) is 79.4 Å². The molecule has 1 aromatic carbocycles. The predicted molar refractivity (Wildman–Crippen MR) is 87.7 cm³/mol. The Balaban J connectivity index is 3.67. The summed E-state index contributed by atoms with van der Waals surface area (Å²) in [7, 11) is 0. The van der Waals surface area contributed by atoms with Crippen molar-refractivity contribution >= 4 is 23.2 Å². The summed E-state index contributed by atoms with van der Waals surface area (Å²) in [6.45, 7) is 0.946. The molecule has 1 N–H and O–H groups in total. The van der Waals surface area contributed by atoms with E-state index in [2.05, 4.69) is 0 Å². The number of alkyl halides is 17. The van der Waals surface area contributed by atoms with E-state index >= 15 is 0 Å². The molecule has 1 rings (SSSR count). The molecule has 0 unspecified atom stereocenters. The van der Waals surface area contributed by atoms with Gasteiger partial charge >= 0.3 is 48.4 Å². The van der Waals surface area contributed by atoms with E-state index in [0.717, 1.165) is 24.4 Å². The van der Waals surface area contributed by atoms with Gasteiger partial charge in [-0.15, -0.1) is 0 Å². The van der Waals surface area contributed by atoms with Gasteiger partial charge in [-0.25, -0.2) is 0 Å². The summed E-state index contributed by atoms with van der Waals surface area (Å²) in [5, 5.41) is 0.430. The number of aryl methyl sites for hydroxylation is 1. The van der Waals surface area contributed by atoms with Crippen LogP contribution in [-0.4, -0.2) is 54.3 Å². The molecule has 0 heterocycles. The molecule has 4 nitrogen and oxygen atoms in total. The van der Waals surface area contributed by atoms with Gasteiger partial charge in [0, 0.05) is 10.7 Å². The van der Waals surface area contributed by atoms with Crippen LogP contribution in [0.25, 0.3) is 0 Å². The largest absolute Gasteiger partial charge is 0.462 e. The number of anilines is 1. The molecule has 0 bridgehead atoms. The van der Waals surface area contributed by atoms with Gasteiger partial charge in [0.1, 0.15) is 0 Å². The minimum Gasteiger partial charge on any atom is -0.320 e. The highest BCUT2D eigenvalue weighted by Crippen LogP contribution is 2.56. The Labute approximate surface area is 202 Å². The second-order valence-corrected chi connectivity index (χ2v) is 7.35. The van der Waals surface area contributed by atoms with Crippen LogP contribution in [0.15, 0.2) is 18.2 Å². The van der Waals surface area contributed by atoms with Gasteiger partial charge in [0.15, 0.2) is 0 Å². The minimum absolute atomic E-state index is 0.327. The van der Waals surface area contributed by atoms with Crippen molar-refractivity contribution < 1.29 is 88.9 Å². The van der Waals surface area contributed by atoms with Gasteiger partial charge in [-0.1, -0.05) is 17.7 Å². The standard InChI is InChI=1S/C16H7ClF17NO3/c1-5-2-3-6(17)4-7(5)35-8(36)9(18,12(22,23)24)37-16(33,34)11(21,14(28,29)30)38-15(31,32)10(19,20)13(25,26)27/h2-4H,1H3,(H,35,36)/t9-,11+/m1/s1. The van der Waals surface area contributed by atoms with Crippen LogP contribution in [0.1, 0.15) is 5.56 Å². The Morgan fingerprint density at radius 2 is 1.18 bits per heavy atom. The van der Waals surface area contributed by atoms with E-state index in [0.29, 0.717) is 6.07 Å². The molecule has 0 aromatic heterocycles. The highest BCUT2D eigenvalue weighted by atomic mass is 35.5. The highest BCUT2D eigenvalue weighted by molar-refractivity contribution is 6.31. The Kier molecular flexibility index (Phi) is 8.63. The molecule has 220 valence electrons. The Morgan fingerprint density at radius 3 is 1.58 bits per heavy atom. The molecule has 2 atom stereocenters. The molecule has 0 saturated carbocycles. The molecule has 0 radical (unpaired) electrons. The first kappa shape index (κ1) is 33.7. The fourth-order valence-electron chi connectivity index (χ4n) is 2.09. The molecule has 0 aliphatic rings. The summed E-state index contributed by atoms with van der Waals surface area (Å²) in [4.78, 5) is 11.8. The summed E-state index contributed by atoms with van der Waals surface area (Å²) >= 11 is 5.43. The molecule has 1 aromatic rings. The molecule has 0 fully saturated rings. The molecule has 38 heavy (non-hydrogen) atoms. The van der Waals surface area contributed by atoms with Crippen LogP contribution in [0, 0.1) is 6.92 Å². The maximum atomic E-state index is 14.5. The molecule has 0 aliphatic heterocycles. The third-order valence-corrected chi connectivity index (χ3v) is 4.34. The summed E-state index contributed by atoms with van der Waals surface area (Å²) in [6.07, 6.45) is -38.7. The van der Waals surface area contributed by atoms with Gasteiger partial charge in [0.2, 0.25) is 0 Å². The van der Waals surface area contributed by atoms with E-state index in [-0.39, 0.29) is 5.56 Å². The zero-order chi connectivity index (χ0) is 30.6. The zero-order valence-electron chi connectivity index (χ0n) is 17.3. The lowest BCUT2D eigenvalue weighted by atomic mass is 10.1. The molecular formula is C16H7ClF17NO3. The van der Waals surface area contributed by atoms with Gasteiger partial charge in [0.25, 0.3) is 5.91 Å². The molecule has 0 spiro atoms.